The largest absolute Gasteiger partial charge is 0.356 e. The van der Waals surface area contributed by atoms with Gasteiger partial charge in [0, 0.05) is 48.4 Å². The molecule has 0 bridgehead atoms. The van der Waals surface area contributed by atoms with E-state index < -0.39 is 0 Å². The molecule has 0 radical (unpaired) electrons. The maximum Gasteiger partial charge on any atom is 0.240 e. The Labute approximate surface area is 181 Å². The van der Waals surface area contributed by atoms with E-state index >= 15 is 0 Å². The Bertz CT molecular complexity index is 897. The molecule has 30 heavy (non-hydrogen) atoms. The number of carbonyl (C=O) groups is 1. The van der Waals surface area contributed by atoms with Crippen molar-refractivity contribution >= 4 is 28.2 Å². The lowest BCUT2D eigenvalue weighted by Crippen LogP contribution is -2.40. The minimum atomic E-state index is 0.00347. The van der Waals surface area contributed by atoms with E-state index in [2.05, 4.69) is 27.0 Å². The third kappa shape index (κ3) is 4.49. The van der Waals surface area contributed by atoms with E-state index in [1.165, 1.54) is 42.0 Å². The smallest absolute Gasteiger partial charge is 0.240 e. The number of anilines is 2. The topological polar surface area (TPSA) is 74.2 Å². The number of nitrogens with one attached hydrogen (secondary N) is 1. The number of hydrogen-bond acceptors (Lipinski definition) is 7. The average Bonchev–Trinajstić information content (AvgIpc) is 3.41. The average molecular weight is 427 g/mol. The minimum absolute atomic E-state index is 0.00347. The molecule has 8 heteroatoms. The SMILES string of the molecule is Cc1nc([C@H]2CCCN(CC(=O)Nc3nccs3)C2)nc2c1CCCN2CC1CC1. The Morgan fingerprint density at radius 2 is 2.13 bits per heavy atom. The van der Waals surface area contributed by atoms with Crippen molar-refractivity contribution in [2.75, 3.05) is 42.9 Å². The van der Waals surface area contributed by atoms with E-state index in [4.69, 9.17) is 9.97 Å². The van der Waals surface area contributed by atoms with E-state index in [1.807, 2.05) is 5.38 Å². The van der Waals surface area contributed by atoms with Gasteiger partial charge >= 0.3 is 0 Å². The predicted molar refractivity (Wildman–Crippen MR) is 119 cm³/mol. The second-order valence-electron chi connectivity index (χ2n) is 8.92. The van der Waals surface area contributed by atoms with E-state index in [1.54, 1.807) is 6.20 Å². The van der Waals surface area contributed by atoms with Crippen molar-refractivity contribution in [2.45, 2.75) is 51.4 Å². The summed E-state index contributed by atoms with van der Waals surface area (Å²) in [5.41, 5.74) is 2.50. The second kappa shape index (κ2) is 8.59. The van der Waals surface area contributed by atoms with Crippen LogP contribution in [0.15, 0.2) is 11.6 Å². The molecule has 1 atom stereocenters. The molecule has 1 N–H and O–H groups in total. The van der Waals surface area contributed by atoms with Crippen LogP contribution in [0.25, 0.3) is 0 Å². The first-order valence-electron chi connectivity index (χ1n) is 11.2. The fourth-order valence-electron chi connectivity index (χ4n) is 4.74. The summed E-state index contributed by atoms with van der Waals surface area (Å²) in [6, 6.07) is 0. The molecule has 0 spiro atoms. The van der Waals surface area contributed by atoms with Crippen LogP contribution >= 0.6 is 11.3 Å². The minimum Gasteiger partial charge on any atom is -0.356 e. The third-order valence-corrected chi connectivity index (χ3v) is 7.14. The molecule has 0 unspecified atom stereocenters. The summed E-state index contributed by atoms with van der Waals surface area (Å²) in [4.78, 5) is 31.3. The van der Waals surface area contributed by atoms with Crippen molar-refractivity contribution in [1.82, 2.24) is 19.9 Å². The molecular formula is C22H30N6OS. The highest BCUT2D eigenvalue weighted by molar-refractivity contribution is 7.13. The highest BCUT2D eigenvalue weighted by atomic mass is 32.1. The number of likely N-dealkylation sites (tertiary alicyclic amines) is 1. The number of hydrogen-bond donors (Lipinski definition) is 1. The van der Waals surface area contributed by atoms with Crippen molar-refractivity contribution in [3.8, 4) is 0 Å². The number of piperidine rings is 1. The van der Waals surface area contributed by atoms with E-state index in [9.17, 15) is 4.79 Å². The quantitative estimate of drug-likeness (QED) is 0.765. The second-order valence-corrected chi connectivity index (χ2v) is 9.82. The van der Waals surface area contributed by atoms with Gasteiger partial charge in [0.15, 0.2) is 5.13 Å². The maximum absolute atomic E-state index is 12.4. The molecular weight excluding hydrogens is 396 g/mol. The van der Waals surface area contributed by atoms with Crippen LogP contribution in [0.5, 0.6) is 0 Å². The summed E-state index contributed by atoms with van der Waals surface area (Å²) < 4.78 is 0. The van der Waals surface area contributed by atoms with Gasteiger partial charge < -0.3 is 10.2 Å². The van der Waals surface area contributed by atoms with Crippen LogP contribution in [0, 0.1) is 12.8 Å². The van der Waals surface area contributed by atoms with E-state index in [-0.39, 0.29) is 5.91 Å². The molecule has 2 fully saturated rings. The lowest BCUT2D eigenvalue weighted by atomic mass is 9.96. The van der Waals surface area contributed by atoms with Crippen LogP contribution in [0.2, 0.25) is 0 Å². The van der Waals surface area contributed by atoms with Gasteiger partial charge in [-0.3, -0.25) is 9.69 Å². The van der Waals surface area contributed by atoms with Crippen LogP contribution < -0.4 is 10.2 Å². The zero-order valence-electron chi connectivity index (χ0n) is 17.6. The summed E-state index contributed by atoms with van der Waals surface area (Å²) in [5.74, 6) is 3.31. The zero-order chi connectivity index (χ0) is 20.5. The van der Waals surface area contributed by atoms with Gasteiger partial charge in [-0.25, -0.2) is 15.0 Å². The van der Waals surface area contributed by atoms with Gasteiger partial charge in [-0.2, -0.15) is 0 Å². The lowest BCUT2D eigenvalue weighted by molar-refractivity contribution is -0.117. The summed E-state index contributed by atoms with van der Waals surface area (Å²) >= 11 is 1.45. The highest BCUT2D eigenvalue weighted by Crippen LogP contribution is 2.36. The van der Waals surface area contributed by atoms with Crippen molar-refractivity contribution in [1.29, 1.82) is 0 Å². The standard InChI is InChI=1S/C22H30N6OS/c1-15-18-5-3-10-28(12-16-6-7-16)21(18)26-20(24-15)17-4-2-9-27(13-17)14-19(29)25-22-23-8-11-30-22/h8,11,16-17H,2-7,9-10,12-14H2,1H3,(H,23,25,29)/t17-/m0/s1. The molecule has 1 aliphatic carbocycles. The number of nitrogens with zero attached hydrogens (tertiary/aromatic N) is 5. The van der Waals surface area contributed by atoms with Crippen molar-refractivity contribution < 1.29 is 4.79 Å². The number of fused-ring (bicyclic) bond motifs is 1. The number of thiazole rings is 1. The van der Waals surface area contributed by atoms with E-state index in [0.717, 1.165) is 62.9 Å². The number of rotatable bonds is 6. The molecule has 160 valence electrons. The summed E-state index contributed by atoms with van der Waals surface area (Å²) in [7, 11) is 0. The van der Waals surface area contributed by atoms with Crippen molar-refractivity contribution in [2.24, 2.45) is 5.92 Å². The van der Waals surface area contributed by atoms with Crippen LogP contribution in [0.3, 0.4) is 0 Å². The predicted octanol–water partition coefficient (Wildman–Crippen LogP) is 3.22. The molecule has 1 amide bonds. The molecule has 0 aromatic carbocycles. The van der Waals surface area contributed by atoms with E-state index in [0.29, 0.717) is 17.6 Å². The van der Waals surface area contributed by atoms with Crippen LogP contribution in [-0.4, -0.2) is 58.5 Å². The van der Waals surface area contributed by atoms with Crippen molar-refractivity contribution in [3.05, 3.63) is 28.7 Å². The first-order chi connectivity index (χ1) is 14.7. The van der Waals surface area contributed by atoms with Gasteiger partial charge in [0.25, 0.3) is 0 Å². The fraction of sp³-hybridized carbons (Fsp3) is 0.636. The monoisotopic (exact) mass is 426 g/mol. The summed E-state index contributed by atoms with van der Waals surface area (Å²) in [5, 5.41) is 5.43. The highest BCUT2D eigenvalue weighted by Gasteiger charge is 2.31. The van der Waals surface area contributed by atoms with Crippen LogP contribution in [-0.2, 0) is 11.2 Å². The molecule has 2 aromatic rings. The first kappa shape index (κ1) is 19.9. The van der Waals surface area contributed by atoms with Crippen molar-refractivity contribution in [3.63, 3.8) is 0 Å². The van der Waals surface area contributed by atoms with Gasteiger partial charge in [0.1, 0.15) is 11.6 Å². The Hall–Kier alpha value is -2.06. The molecule has 2 aromatic heterocycles. The van der Waals surface area contributed by atoms with Gasteiger partial charge in [-0.05, 0) is 57.9 Å². The molecule has 4 heterocycles. The van der Waals surface area contributed by atoms with Gasteiger partial charge in [0.2, 0.25) is 5.91 Å². The summed E-state index contributed by atoms with van der Waals surface area (Å²) in [6.45, 7) is 6.59. The van der Waals surface area contributed by atoms with Crippen LogP contribution in [0.4, 0.5) is 10.9 Å². The third-order valence-electron chi connectivity index (χ3n) is 6.46. The molecule has 3 aliphatic rings. The molecule has 1 saturated carbocycles. The Morgan fingerprint density at radius 3 is 2.93 bits per heavy atom. The van der Waals surface area contributed by atoms with Crippen LogP contribution in [0.1, 0.15) is 55.1 Å². The van der Waals surface area contributed by atoms with Gasteiger partial charge in [-0.15, -0.1) is 11.3 Å². The summed E-state index contributed by atoms with van der Waals surface area (Å²) in [6.07, 6.45) is 8.89. The van der Waals surface area contributed by atoms with Gasteiger partial charge in [0.05, 0.1) is 6.54 Å². The number of aromatic nitrogens is 3. The lowest BCUT2D eigenvalue weighted by Gasteiger charge is -2.34. The number of aryl methyl sites for hydroxylation is 1. The maximum atomic E-state index is 12.4. The number of carbonyl (C=O) groups excluding carboxylic acids is 1. The number of amides is 1. The normalized spacial score (nSPS) is 22.0. The molecule has 5 rings (SSSR count). The Balaban J connectivity index is 1.28. The molecule has 7 nitrogen and oxygen atoms in total. The Kier molecular flexibility index (Phi) is 5.69. The Morgan fingerprint density at radius 1 is 1.23 bits per heavy atom. The molecule has 1 saturated heterocycles. The first-order valence-corrected chi connectivity index (χ1v) is 12.1. The van der Waals surface area contributed by atoms with Gasteiger partial charge in [-0.1, -0.05) is 0 Å². The zero-order valence-corrected chi connectivity index (χ0v) is 18.5. The fourth-order valence-corrected chi connectivity index (χ4v) is 5.28. The molecule has 2 aliphatic heterocycles.